The summed E-state index contributed by atoms with van der Waals surface area (Å²) >= 11 is 0. The zero-order chi connectivity index (χ0) is 15.7. The normalized spacial score (nSPS) is 11.6. The molecule has 1 aromatic carbocycles. The summed E-state index contributed by atoms with van der Waals surface area (Å²) < 4.78 is 0. The van der Waals surface area contributed by atoms with Crippen LogP contribution in [-0.2, 0) is 4.79 Å². The van der Waals surface area contributed by atoms with E-state index in [-0.39, 0.29) is 24.4 Å². The molecule has 0 fully saturated rings. The van der Waals surface area contributed by atoms with Crippen LogP contribution in [0.4, 0.5) is 10.5 Å². The van der Waals surface area contributed by atoms with Gasteiger partial charge in [-0.1, -0.05) is 12.1 Å². The minimum atomic E-state index is -0.311. The first-order valence-corrected chi connectivity index (χ1v) is 7.15. The average molecular weight is 292 g/mol. The van der Waals surface area contributed by atoms with Crippen molar-refractivity contribution in [2.45, 2.75) is 26.3 Å². The van der Waals surface area contributed by atoms with Crippen molar-refractivity contribution in [2.24, 2.45) is 0 Å². The monoisotopic (exact) mass is 292 g/mol. The molecule has 0 aliphatic rings. The molecule has 1 unspecified atom stereocenters. The van der Waals surface area contributed by atoms with Crippen molar-refractivity contribution in [2.75, 3.05) is 25.5 Å². The molecule has 0 radical (unpaired) electrons. The van der Waals surface area contributed by atoms with Crippen LogP contribution in [0.1, 0.15) is 31.9 Å². The summed E-state index contributed by atoms with van der Waals surface area (Å²) in [4.78, 5) is 22.9. The van der Waals surface area contributed by atoms with Gasteiger partial charge in [0, 0.05) is 31.2 Å². The van der Waals surface area contributed by atoms with Gasteiger partial charge in [0.25, 0.3) is 0 Å². The van der Waals surface area contributed by atoms with Crippen LogP contribution >= 0.6 is 0 Å². The minimum Gasteiger partial charge on any atom is -0.356 e. The van der Waals surface area contributed by atoms with E-state index >= 15 is 0 Å². The van der Waals surface area contributed by atoms with Crippen LogP contribution in [0.2, 0.25) is 0 Å². The number of urea groups is 1. The fraction of sp³-hybridized carbons (Fsp3) is 0.467. The number of amides is 3. The first-order chi connectivity index (χ1) is 10.1. The summed E-state index contributed by atoms with van der Waals surface area (Å²) in [5.74, 6) is -0.0665. The van der Waals surface area contributed by atoms with Gasteiger partial charge in [-0.05, 0) is 38.6 Å². The summed E-state index contributed by atoms with van der Waals surface area (Å²) in [5.41, 5.74) is 1.87. The van der Waals surface area contributed by atoms with Crippen molar-refractivity contribution in [3.63, 3.8) is 0 Å². The third-order valence-corrected chi connectivity index (χ3v) is 3.11. The Kier molecular flexibility index (Phi) is 7.25. The lowest BCUT2D eigenvalue weighted by Crippen LogP contribution is -2.33. The fourth-order valence-corrected chi connectivity index (χ4v) is 1.77. The van der Waals surface area contributed by atoms with Gasteiger partial charge >= 0.3 is 6.03 Å². The SMILES string of the molecule is CCNC(=O)CCNC(=O)Nc1ccc(C(C)NC)cc1. The van der Waals surface area contributed by atoms with Crippen LogP contribution in [0.25, 0.3) is 0 Å². The number of benzene rings is 1. The minimum absolute atomic E-state index is 0.0665. The van der Waals surface area contributed by atoms with Gasteiger partial charge in [0.2, 0.25) is 5.91 Å². The summed E-state index contributed by atoms with van der Waals surface area (Å²) in [6.45, 7) is 4.84. The van der Waals surface area contributed by atoms with Gasteiger partial charge < -0.3 is 21.3 Å². The number of carbonyl (C=O) groups is 2. The maximum atomic E-state index is 11.7. The molecule has 4 N–H and O–H groups in total. The van der Waals surface area contributed by atoms with Crippen LogP contribution in [0.15, 0.2) is 24.3 Å². The van der Waals surface area contributed by atoms with E-state index in [9.17, 15) is 9.59 Å². The van der Waals surface area contributed by atoms with Crippen LogP contribution in [-0.4, -0.2) is 32.1 Å². The molecule has 6 heteroatoms. The molecule has 0 aromatic heterocycles. The molecule has 0 heterocycles. The number of hydrogen-bond acceptors (Lipinski definition) is 3. The van der Waals surface area contributed by atoms with Crippen molar-refractivity contribution < 1.29 is 9.59 Å². The topological polar surface area (TPSA) is 82.3 Å². The first-order valence-electron chi connectivity index (χ1n) is 7.15. The standard InChI is InChI=1S/C15H24N4O2/c1-4-17-14(20)9-10-18-15(21)19-13-7-5-12(6-8-13)11(2)16-3/h5-8,11,16H,4,9-10H2,1-3H3,(H,17,20)(H2,18,19,21). The Morgan fingerprint density at radius 2 is 1.81 bits per heavy atom. The Labute approximate surface area is 125 Å². The second kappa shape index (κ2) is 8.97. The molecule has 6 nitrogen and oxygen atoms in total. The van der Waals surface area contributed by atoms with E-state index in [1.54, 1.807) is 0 Å². The molecule has 0 saturated heterocycles. The zero-order valence-electron chi connectivity index (χ0n) is 12.8. The molecule has 0 bridgehead atoms. The Balaban J connectivity index is 2.36. The second-order valence-electron chi connectivity index (χ2n) is 4.72. The molecule has 1 atom stereocenters. The highest BCUT2D eigenvalue weighted by atomic mass is 16.2. The summed E-state index contributed by atoms with van der Waals surface area (Å²) in [6, 6.07) is 7.59. The molecule has 0 saturated carbocycles. The van der Waals surface area contributed by atoms with E-state index in [0.717, 1.165) is 11.3 Å². The van der Waals surface area contributed by atoms with Gasteiger partial charge in [-0.15, -0.1) is 0 Å². The molecule has 21 heavy (non-hydrogen) atoms. The Morgan fingerprint density at radius 3 is 2.38 bits per heavy atom. The van der Waals surface area contributed by atoms with E-state index < -0.39 is 0 Å². The highest BCUT2D eigenvalue weighted by Gasteiger charge is 2.05. The van der Waals surface area contributed by atoms with E-state index in [2.05, 4.69) is 28.2 Å². The average Bonchev–Trinajstić information content (AvgIpc) is 2.47. The molecular formula is C15H24N4O2. The highest BCUT2D eigenvalue weighted by molar-refractivity contribution is 5.89. The molecule has 0 spiro atoms. The number of carbonyl (C=O) groups excluding carboxylic acids is 2. The van der Waals surface area contributed by atoms with Crippen molar-refractivity contribution in [3.8, 4) is 0 Å². The predicted molar refractivity (Wildman–Crippen MR) is 84.2 cm³/mol. The lowest BCUT2D eigenvalue weighted by molar-refractivity contribution is -0.120. The second-order valence-corrected chi connectivity index (χ2v) is 4.72. The quantitative estimate of drug-likeness (QED) is 0.616. The van der Waals surface area contributed by atoms with Gasteiger partial charge in [-0.25, -0.2) is 4.79 Å². The Morgan fingerprint density at radius 1 is 1.14 bits per heavy atom. The van der Waals surface area contributed by atoms with Crippen molar-refractivity contribution in [1.29, 1.82) is 0 Å². The lowest BCUT2D eigenvalue weighted by Gasteiger charge is -2.12. The van der Waals surface area contributed by atoms with E-state index in [1.807, 2.05) is 38.2 Å². The highest BCUT2D eigenvalue weighted by Crippen LogP contribution is 2.15. The van der Waals surface area contributed by atoms with E-state index in [1.165, 1.54) is 0 Å². The number of anilines is 1. The number of hydrogen-bond donors (Lipinski definition) is 4. The third kappa shape index (κ3) is 6.27. The van der Waals surface area contributed by atoms with Crippen LogP contribution in [0, 0.1) is 0 Å². The summed E-state index contributed by atoms with van der Waals surface area (Å²) in [5, 5.41) is 11.2. The van der Waals surface area contributed by atoms with Gasteiger partial charge in [-0.2, -0.15) is 0 Å². The van der Waals surface area contributed by atoms with E-state index in [0.29, 0.717) is 13.1 Å². The van der Waals surface area contributed by atoms with Crippen LogP contribution in [0.3, 0.4) is 0 Å². The maximum absolute atomic E-state index is 11.7. The van der Waals surface area contributed by atoms with Crippen molar-refractivity contribution in [3.05, 3.63) is 29.8 Å². The summed E-state index contributed by atoms with van der Waals surface area (Å²) in [6.07, 6.45) is 0.278. The predicted octanol–water partition coefficient (Wildman–Crippen LogP) is 1.61. The van der Waals surface area contributed by atoms with Gasteiger partial charge in [0.15, 0.2) is 0 Å². The molecular weight excluding hydrogens is 268 g/mol. The smallest absolute Gasteiger partial charge is 0.319 e. The molecule has 3 amide bonds. The van der Waals surface area contributed by atoms with E-state index in [4.69, 9.17) is 0 Å². The van der Waals surface area contributed by atoms with Crippen molar-refractivity contribution in [1.82, 2.24) is 16.0 Å². The molecule has 1 aromatic rings. The van der Waals surface area contributed by atoms with Crippen molar-refractivity contribution >= 4 is 17.6 Å². The number of nitrogens with one attached hydrogen (secondary N) is 4. The molecule has 116 valence electrons. The largest absolute Gasteiger partial charge is 0.356 e. The third-order valence-electron chi connectivity index (χ3n) is 3.11. The molecule has 1 rings (SSSR count). The Hall–Kier alpha value is -2.08. The maximum Gasteiger partial charge on any atom is 0.319 e. The van der Waals surface area contributed by atoms with Gasteiger partial charge in [0.05, 0.1) is 0 Å². The number of rotatable bonds is 7. The van der Waals surface area contributed by atoms with Crippen LogP contribution in [0.5, 0.6) is 0 Å². The van der Waals surface area contributed by atoms with Gasteiger partial charge in [-0.3, -0.25) is 4.79 Å². The van der Waals surface area contributed by atoms with Crippen LogP contribution < -0.4 is 21.3 Å². The zero-order valence-corrected chi connectivity index (χ0v) is 12.8. The first kappa shape index (κ1) is 17.0. The lowest BCUT2D eigenvalue weighted by atomic mass is 10.1. The molecule has 0 aliphatic carbocycles. The summed E-state index contributed by atoms with van der Waals surface area (Å²) in [7, 11) is 1.90. The molecule has 0 aliphatic heterocycles. The fourth-order valence-electron chi connectivity index (χ4n) is 1.77. The van der Waals surface area contributed by atoms with Gasteiger partial charge in [0.1, 0.15) is 0 Å². The Bertz CT molecular complexity index is 459.